The number of rotatable bonds is 5. The largest absolute Gasteiger partial charge is 0.388 e. The van der Waals surface area contributed by atoms with Gasteiger partial charge in [0.1, 0.15) is 0 Å². The van der Waals surface area contributed by atoms with E-state index in [9.17, 15) is 5.11 Å². The monoisotopic (exact) mass is 275 g/mol. The molecule has 1 fully saturated rings. The second kappa shape index (κ2) is 6.73. The highest BCUT2D eigenvalue weighted by Crippen LogP contribution is 2.48. The summed E-state index contributed by atoms with van der Waals surface area (Å²) in [7, 11) is 0. The molecule has 20 heavy (non-hydrogen) atoms. The van der Waals surface area contributed by atoms with E-state index in [4.69, 9.17) is 5.73 Å². The van der Waals surface area contributed by atoms with E-state index in [1.807, 2.05) is 12.1 Å². The van der Waals surface area contributed by atoms with Gasteiger partial charge in [-0.25, -0.2) is 0 Å². The smallest absolute Gasteiger partial charge is 0.0860 e. The highest BCUT2D eigenvalue weighted by molar-refractivity contribution is 5.29. The molecule has 0 radical (unpaired) electrons. The molecule has 1 aliphatic carbocycles. The first-order valence-electron chi connectivity index (χ1n) is 8.06. The maximum atomic E-state index is 10.9. The van der Waals surface area contributed by atoms with Crippen LogP contribution in [0.3, 0.4) is 0 Å². The van der Waals surface area contributed by atoms with Crippen molar-refractivity contribution >= 4 is 0 Å². The van der Waals surface area contributed by atoms with Crippen LogP contribution in [0.15, 0.2) is 24.3 Å². The number of aliphatic hydroxyl groups excluding tert-OH is 1. The van der Waals surface area contributed by atoms with E-state index in [-0.39, 0.29) is 5.41 Å². The summed E-state index contributed by atoms with van der Waals surface area (Å²) < 4.78 is 0. The van der Waals surface area contributed by atoms with Crippen LogP contribution < -0.4 is 5.73 Å². The zero-order chi connectivity index (χ0) is 14.6. The topological polar surface area (TPSA) is 46.2 Å². The van der Waals surface area contributed by atoms with Crippen LogP contribution in [0.25, 0.3) is 0 Å². The molecule has 2 nitrogen and oxygen atoms in total. The van der Waals surface area contributed by atoms with E-state index in [0.29, 0.717) is 6.54 Å². The third-order valence-corrected chi connectivity index (χ3v) is 5.27. The molecule has 2 heteroatoms. The molecule has 0 aliphatic heterocycles. The molecule has 0 saturated heterocycles. The molecule has 3 N–H and O–H groups in total. The SMILES string of the molecule is CCCC1CCC(CN)(C(O)c2ccccc2C)CC1. The second-order valence-corrected chi connectivity index (χ2v) is 6.56. The average Bonchev–Trinajstić information content (AvgIpc) is 2.48. The van der Waals surface area contributed by atoms with Gasteiger partial charge in [-0.05, 0) is 49.7 Å². The van der Waals surface area contributed by atoms with E-state index in [1.165, 1.54) is 31.2 Å². The Bertz CT molecular complexity index is 421. The minimum Gasteiger partial charge on any atom is -0.388 e. The number of benzene rings is 1. The first kappa shape index (κ1) is 15.5. The molecular formula is C18H29NO. The Kier molecular flexibility index (Phi) is 5.22. The van der Waals surface area contributed by atoms with Crippen LogP contribution in [0.1, 0.15) is 62.7 Å². The number of aliphatic hydroxyl groups is 1. The van der Waals surface area contributed by atoms with Crippen molar-refractivity contribution in [1.29, 1.82) is 0 Å². The van der Waals surface area contributed by atoms with Gasteiger partial charge in [0.05, 0.1) is 6.10 Å². The Morgan fingerprint density at radius 3 is 2.50 bits per heavy atom. The molecule has 1 aromatic carbocycles. The normalized spacial score (nSPS) is 28.3. The molecule has 1 atom stereocenters. The van der Waals surface area contributed by atoms with E-state index in [0.717, 1.165) is 24.3 Å². The Morgan fingerprint density at radius 2 is 1.95 bits per heavy atom. The summed E-state index contributed by atoms with van der Waals surface area (Å²) in [4.78, 5) is 0. The fraction of sp³-hybridized carbons (Fsp3) is 0.667. The van der Waals surface area contributed by atoms with Crippen LogP contribution in [0.4, 0.5) is 0 Å². The third kappa shape index (κ3) is 3.07. The quantitative estimate of drug-likeness (QED) is 0.854. The van der Waals surface area contributed by atoms with Crippen LogP contribution in [0, 0.1) is 18.3 Å². The van der Waals surface area contributed by atoms with E-state index in [1.54, 1.807) is 0 Å². The Labute approximate surface area is 123 Å². The zero-order valence-corrected chi connectivity index (χ0v) is 12.9. The number of hydrogen-bond acceptors (Lipinski definition) is 2. The predicted molar refractivity (Wildman–Crippen MR) is 84.5 cm³/mol. The first-order valence-corrected chi connectivity index (χ1v) is 8.06. The molecule has 0 bridgehead atoms. The van der Waals surface area contributed by atoms with Gasteiger partial charge in [0, 0.05) is 12.0 Å². The number of aryl methyl sites for hydroxylation is 1. The van der Waals surface area contributed by atoms with E-state index < -0.39 is 6.10 Å². The van der Waals surface area contributed by atoms with Crippen molar-refractivity contribution in [3.05, 3.63) is 35.4 Å². The molecule has 1 aromatic rings. The molecule has 2 rings (SSSR count). The fourth-order valence-corrected chi connectivity index (χ4v) is 3.76. The van der Waals surface area contributed by atoms with Crippen LogP contribution in [-0.2, 0) is 0 Å². The minimum atomic E-state index is -0.420. The van der Waals surface area contributed by atoms with Crippen LogP contribution in [-0.4, -0.2) is 11.7 Å². The van der Waals surface area contributed by atoms with Crippen molar-refractivity contribution in [2.75, 3.05) is 6.54 Å². The predicted octanol–water partition coefficient (Wildman–Crippen LogP) is 3.96. The van der Waals surface area contributed by atoms with Crippen molar-refractivity contribution in [3.8, 4) is 0 Å². The Balaban J connectivity index is 2.14. The lowest BCUT2D eigenvalue weighted by atomic mass is 9.65. The molecule has 0 heterocycles. The molecule has 112 valence electrons. The van der Waals surface area contributed by atoms with E-state index in [2.05, 4.69) is 26.0 Å². The summed E-state index contributed by atoms with van der Waals surface area (Å²) in [5.41, 5.74) is 8.20. The van der Waals surface area contributed by atoms with Gasteiger partial charge in [-0.15, -0.1) is 0 Å². The number of nitrogens with two attached hydrogens (primary N) is 1. The van der Waals surface area contributed by atoms with E-state index >= 15 is 0 Å². The zero-order valence-electron chi connectivity index (χ0n) is 12.9. The highest BCUT2D eigenvalue weighted by atomic mass is 16.3. The highest BCUT2D eigenvalue weighted by Gasteiger charge is 2.41. The maximum absolute atomic E-state index is 10.9. The van der Waals surface area contributed by atoms with Gasteiger partial charge in [0.2, 0.25) is 0 Å². The lowest BCUT2D eigenvalue weighted by Gasteiger charge is -2.43. The van der Waals surface area contributed by atoms with Gasteiger partial charge in [0.25, 0.3) is 0 Å². The van der Waals surface area contributed by atoms with Crippen molar-refractivity contribution < 1.29 is 5.11 Å². The van der Waals surface area contributed by atoms with Gasteiger partial charge in [-0.3, -0.25) is 0 Å². The third-order valence-electron chi connectivity index (χ3n) is 5.27. The van der Waals surface area contributed by atoms with Gasteiger partial charge in [-0.1, -0.05) is 44.0 Å². The standard InChI is InChI=1S/C18H29NO/c1-3-6-15-9-11-18(13-19,12-10-15)17(20)16-8-5-4-7-14(16)2/h4-5,7-8,15,17,20H,3,6,9-13,19H2,1-2H3. The Morgan fingerprint density at radius 1 is 1.30 bits per heavy atom. The first-order chi connectivity index (χ1) is 9.63. The lowest BCUT2D eigenvalue weighted by Crippen LogP contribution is -2.40. The summed E-state index contributed by atoms with van der Waals surface area (Å²) in [6, 6.07) is 8.17. The van der Waals surface area contributed by atoms with Crippen molar-refractivity contribution in [1.82, 2.24) is 0 Å². The van der Waals surface area contributed by atoms with Gasteiger partial charge in [-0.2, -0.15) is 0 Å². The van der Waals surface area contributed by atoms with Crippen molar-refractivity contribution in [2.24, 2.45) is 17.1 Å². The maximum Gasteiger partial charge on any atom is 0.0860 e. The number of hydrogen-bond donors (Lipinski definition) is 2. The average molecular weight is 275 g/mol. The van der Waals surface area contributed by atoms with Gasteiger partial charge >= 0.3 is 0 Å². The summed E-state index contributed by atoms with van der Waals surface area (Å²) >= 11 is 0. The molecule has 0 spiro atoms. The van der Waals surface area contributed by atoms with Crippen LogP contribution >= 0.6 is 0 Å². The fourth-order valence-electron chi connectivity index (χ4n) is 3.76. The molecule has 1 unspecified atom stereocenters. The molecule has 0 aromatic heterocycles. The molecular weight excluding hydrogens is 246 g/mol. The summed E-state index contributed by atoms with van der Waals surface area (Å²) in [6.07, 6.45) is 6.72. The van der Waals surface area contributed by atoms with Gasteiger partial charge in [0.15, 0.2) is 0 Å². The van der Waals surface area contributed by atoms with Crippen molar-refractivity contribution in [3.63, 3.8) is 0 Å². The second-order valence-electron chi connectivity index (χ2n) is 6.56. The van der Waals surface area contributed by atoms with Crippen LogP contribution in [0.5, 0.6) is 0 Å². The van der Waals surface area contributed by atoms with Gasteiger partial charge < -0.3 is 10.8 Å². The summed E-state index contributed by atoms with van der Waals surface area (Å²) in [5, 5.41) is 10.9. The minimum absolute atomic E-state index is 0.115. The Hall–Kier alpha value is -0.860. The molecule has 1 aliphatic rings. The van der Waals surface area contributed by atoms with Crippen LogP contribution in [0.2, 0.25) is 0 Å². The lowest BCUT2D eigenvalue weighted by molar-refractivity contribution is -0.0112. The molecule has 1 saturated carbocycles. The summed E-state index contributed by atoms with van der Waals surface area (Å²) in [5.74, 6) is 0.837. The summed E-state index contributed by atoms with van der Waals surface area (Å²) in [6.45, 7) is 4.92. The van der Waals surface area contributed by atoms with Crippen molar-refractivity contribution in [2.45, 2.75) is 58.5 Å². The molecule has 0 amide bonds.